The summed E-state index contributed by atoms with van der Waals surface area (Å²) in [6.07, 6.45) is 0.727. The highest BCUT2D eigenvalue weighted by molar-refractivity contribution is 7.92. The Labute approximate surface area is 248 Å². The van der Waals surface area contributed by atoms with Crippen LogP contribution in [0.1, 0.15) is 43.9 Å². The summed E-state index contributed by atoms with van der Waals surface area (Å²) >= 11 is 6.37. The van der Waals surface area contributed by atoms with Crippen molar-refractivity contribution in [1.82, 2.24) is 10.2 Å². The van der Waals surface area contributed by atoms with E-state index in [9.17, 15) is 18.0 Å². The van der Waals surface area contributed by atoms with Crippen LogP contribution < -0.4 is 14.4 Å². The van der Waals surface area contributed by atoms with E-state index in [4.69, 9.17) is 16.3 Å². The number of anilines is 1. The van der Waals surface area contributed by atoms with Crippen molar-refractivity contribution in [2.75, 3.05) is 18.0 Å². The molecule has 0 aliphatic carbocycles. The van der Waals surface area contributed by atoms with E-state index < -0.39 is 28.5 Å². The zero-order valence-electron chi connectivity index (χ0n) is 24.3. The lowest BCUT2D eigenvalue weighted by Gasteiger charge is -2.32. The molecule has 2 atom stereocenters. The van der Waals surface area contributed by atoms with Gasteiger partial charge in [0.05, 0.1) is 22.7 Å². The molecule has 0 radical (unpaired) electrons. The molecule has 0 heterocycles. The van der Waals surface area contributed by atoms with Gasteiger partial charge in [0.15, 0.2) is 0 Å². The van der Waals surface area contributed by atoms with E-state index in [-0.39, 0.29) is 34.1 Å². The van der Waals surface area contributed by atoms with Gasteiger partial charge in [0.1, 0.15) is 18.3 Å². The number of amides is 2. The maximum Gasteiger partial charge on any atom is 0.264 e. The lowest BCUT2D eigenvalue weighted by Crippen LogP contribution is -2.52. The average molecular weight is 600 g/mol. The molecule has 0 aromatic heterocycles. The topological polar surface area (TPSA) is 96.0 Å². The lowest BCUT2D eigenvalue weighted by molar-refractivity contribution is -0.139. The molecule has 8 nitrogen and oxygen atoms in total. The van der Waals surface area contributed by atoms with Crippen LogP contribution in [-0.2, 0) is 26.2 Å². The van der Waals surface area contributed by atoms with Crippen LogP contribution in [0.3, 0.4) is 0 Å². The number of ether oxygens (including phenoxy) is 1. The van der Waals surface area contributed by atoms with Crippen molar-refractivity contribution >= 4 is 39.1 Å². The van der Waals surface area contributed by atoms with Crippen LogP contribution in [0.4, 0.5) is 5.69 Å². The van der Waals surface area contributed by atoms with Crippen LogP contribution in [0.15, 0.2) is 71.6 Å². The third-order valence-electron chi connectivity index (χ3n) is 6.95. The van der Waals surface area contributed by atoms with Crippen LogP contribution in [0, 0.1) is 13.8 Å². The monoisotopic (exact) mass is 599 g/mol. The third-order valence-corrected chi connectivity index (χ3v) is 9.04. The number of carbonyl (C=O) groups is 2. The van der Waals surface area contributed by atoms with E-state index >= 15 is 0 Å². The van der Waals surface area contributed by atoms with Gasteiger partial charge in [-0.2, -0.15) is 0 Å². The lowest BCUT2D eigenvalue weighted by atomic mass is 10.1. The van der Waals surface area contributed by atoms with Crippen LogP contribution >= 0.6 is 11.6 Å². The molecule has 0 fully saturated rings. The molecule has 3 aromatic carbocycles. The molecule has 0 saturated heterocycles. The Morgan fingerprint density at radius 1 is 0.951 bits per heavy atom. The number of carbonyl (C=O) groups excluding carboxylic acids is 2. The number of hydrogen-bond acceptors (Lipinski definition) is 5. The molecule has 0 aliphatic heterocycles. The predicted octanol–water partition coefficient (Wildman–Crippen LogP) is 5.49. The maximum absolute atomic E-state index is 14.0. The zero-order valence-corrected chi connectivity index (χ0v) is 25.9. The zero-order chi connectivity index (χ0) is 30.3. The fourth-order valence-electron chi connectivity index (χ4n) is 4.11. The van der Waals surface area contributed by atoms with Gasteiger partial charge in [-0.25, -0.2) is 8.42 Å². The van der Waals surface area contributed by atoms with Gasteiger partial charge in [-0.3, -0.25) is 13.9 Å². The summed E-state index contributed by atoms with van der Waals surface area (Å²) in [6.45, 7) is 8.88. The summed E-state index contributed by atoms with van der Waals surface area (Å²) in [7, 11) is -2.74. The number of rotatable bonds is 12. The van der Waals surface area contributed by atoms with Crippen LogP contribution in [-0.4, -0.2) is 50.9 Å². The molecule has 3 aromatic rings. The van der Waals surface area contributed by atoms with Crippen molar-refractivity contribution in [3.63, 3.8) is 0 Å². The number of nitrogens with one attached hydrogen (secondary N) is 1. The minimum absolute atomic E-state index is 0.0236. The van der Waals surface area contributed by atoms with Crippen LogP contribution in [0.25, 0.3) is 0 Å². The largest absolute Gasteiger partial charge is 0.495 e. The second kappa shape index (κ2) is 13.9. The van der Waals surface area contributed by atoms with E-state index in [0.29, 0.717) is 5.75 Å². The molecule has 41 heavy (non-hydrogen) atoms. The highest BCUT2D eigenvalue weighted by Crippen LogP contribution is 2.32. The number of nitrogens with zero attached hydrogens (tertiary/aromatic N) is 2. The highest BCUT2D eigenvalue weighted by Gasteiger charge is 2.33. The molecule has 0 aliphatic rings. The predicted molar refractivity (Wildman–Crippen MR) is 163 cm³/mol. The molecule has 3 rings (SSSR count). The number of hydrogen-bond donors (Lipinski definition) is 1. The van der Waals surface area contributed by atoms with Crippen molar-refractivity contribution in [3.8, 4) is 5.75 Å². The van der Waals surface area contributed by atoms with Gasteiger partial charge in [-0.05, 0) is 70.0 Å². The first-order valence-electron chi connectivity index (χ1n) is 13.5. The summed E-state index contributed by atoms with van der Waals surface area (Å²) < 4.78 is 34.2. The van der Waals surface area contributed by atoms with Gasteiger partial charge in [-0.15, -0.1) is 0 Å². The Kier molecular flexibility index (Phi) is 10.8. The fourth-order valence-corrected chi connectivity index (χ4v) is 5.77. The van der Waals surface area contributed by atoms with Crippen LogP contribution in [0.5, 0.6) is 5.75 Å². The first-order valence-corrected chi connectivity index (χ1v) is 15.3. The van der Waals surface area contributed by atoms with E-state index in [1.165, 1.54) is 36.3 Å². The normalized spacial score (nSPS) is 12.8. The number of benzene rings is 3. The van der Waals surface area contributed by atoms with E-state index in [2.05, 4.69) is 5.32 Å². The number of sulfonamides is 1. The smallest absolute Gasteiger partial charge is 0.264 e. The Bertz CT molecular complexity index is 1460. The van der Waals surface area contributed by atoms with E-state index in [1.54, 1.807) is 25.1 Å². The van der Waals surface area contributed by atoms with Crippen molar-refractivity contribution in [2.45, 2.75) is 64.6 Å². The molecular weight excluding hydrogens is 562 g/mol. The minimum Gasteiger partial charge on any atom is -0.495 e. The molecule has 0 spiro atoms. The summed E-state index contributed by atoms with van der Waals surface area (Å²) in [6, 6.07) is 17.6. The Hall–Kier alpha value is -3.56. The maximum atomic E-state index is 14.0. The summed E-state index contributed by atoms with van der Waals surface area (Å²) in [5.74, 6) is -0.494. The molecule has 0 saturated carbocycles. The third kappa shape index (κ3) is 8.01. The van der Waals surface area contributed by atoms with Gasteiger partial charge in [0.25, 0.3) is 10.0 Å². The van der Waals surface area contributed by atoms with Gasteiger partial charge >= 0.3 is 0 Å². The van der Waals surface area contributed by atoms with Crippen molar-refractivity contribution < 1.29 is 22.7 Å². The molecule has 0 bridgehead atoms. The molecule has 1 N–H and O–H groups in total. The highest BCUT2D eigenvalue weighted by atomic mass is 35.5. The molecule has 220 valence electrons. The first kappa shape index (κ1) is 32.0. The standard InChI is InChI=1S/C31H38ClN3O5S/c1-7-23(4)33-31(37)24(5)34(19-25-12-8-21(2)9-13-25)30(36)20-35(26-14-17-29(40-6)28(32)18-26)41(38,39)27-15-10-22(3)11-16-27/h8-18,23-24H,7,19-20H2,1-6H3,(H,33,37)/t23-,24-/m0/s1. The molecule has 0 unspecified atom stereocenters. The van der Waals surface area contributed by atoms with E-state index in [1.807, 2.05) is 52.0 Å². The average Bonchev–Trinajstić information content (AvgIpc) is 2.95. The molecule has 10 heteroatoms. The number of aryl methyl sites for hydroxylation is 2. The van der Waals surface area contributed by atoms with Gasteiger partial charge < -0.3 is 15.0 Å². The molecule has 2 amide bonds. The summed E-state index contributed by atoms with van der Waals surface area (Å²) in [5.41, 5.74) is 2.95. The van der Waals surface area contributed by atoms with Crippen molar-refractivity contribution in [3.05, 3.63) is 88.4 Å². The number of methoxy groups -OCH3 is 1. The second-order valence-electron chi connectivity index (χ2n) is 10.1. The second-order valence-corrected chi connectivity index (χ2v) is 12.4. The Morgan fingerprint density at radius 3 is 2.07 bits per heavy atom. The Morgan fingerprint density at radius 2 is 1.54 bits per heavy atom. The van der Waals surface area contributed by atoms with Crippen molar-refractivity contribution in [1.29, 1.82) is 0 Å². The minimum atomic E-state index is -4.20. The van der Waals surface area contributed by atoms with Crippen LogP contribution in [0.2, 0.25) is 5.02 Å². The SMILES string of the molecule is CC[C@H](C)NC(=O)[C@H](C)N(Cc1ccc(C)cc1)C(=O)CN(c1ccc(OC)c(Cl)c1)S(=O)(=O)c1ccc(C)cc1. The van der Waals surface area contributed by atoms with Crippen molar-refractivity contribution in [2.24, 2.45) is 0 Å². The fraction of sp³-hybridized carbons (Fsp3) is 0.355. The number of halogens is 1. The molecular formula is C31H38ClN3O5S. The van der Waals surface area contributed by atoms with Gasteiger partial charge in [0.2, 0.25) is 11.8 Å². The first-order chi connectivity index (χ1) is 19.4. The quantitative estimate of drug-likeness (QED) is 0.297. The van der Waals surface area contributed by atoms with Gasteiger partial charge in [0, 0.05) is 12.6 Å². The summed E-state index contributed by atoms with van der Waals surface area (Å²) in [4.78, 5) is 28.6. The van der Waals surface area contributed by atoms with E-state index in [0.717, 1.165) is 27.4 Å². The Balaban J connectivity index is 2.06. The summed E-state index contributed by atoms with van der Waals surface area (Å²) in [5, 5.41) is 3.12. The van der Waals surface area contributed by atoms with Gasteiger partial charge in [-0.1, -0.05) is 66.0 Å².